The van der Waals surface area contributed by atoms with Crippen LogP contribution in [0, 0.1) is 0 Å². The number of nitrogens with zero attached hydrogens (tertiary/aromatic N) is 2. The summed E-state index contributed by atoms with van der Waals surface area (Å²) in [6.45, 7) is 2.29. The molecule has 0 aromatic rings. The van der Waals surface area contributed by atoms with E-state index in [1.54, 1.807) is 4.90 Å². The monoisotopic (exact) mass is 348 g/mol. The molecule has 0 amide bonds. The topological polar surface area (TPSA) is 136 Å². The largest absolute Gasteiger partial charge is 0.480 e. The first-order chi connectivity index (χ1) is 11.3. The first kappa shape index (κ1) is 20.3. The molecular weight excluding hydrogens is 322 g/mol. The Bertz CT molecular complexity index is 428. The molecule has 0 bridgehead atoms. The predicted octanol–water partition coefficient (Wildman–Crippen LogP) is -2.02. The van der Waals surface area contributed by atoms with Gasteiger partial charge >= 0.3 is 17.9 Å². The number of aliphatic carboxylic acids is 3. The Balaban J connectivity index is 2.90. The molecule has 0 spiro atoms. The number of ether oxygens (including phenoxy) is 1. The lowest BCUT2D eigenvalue weighted by Gasteiger charge is -2.37. The summed E-state index contributed by atoms with van der Waals surface area (Å²) in [7, 11) is 0. The van der Waals surface area contributed by atoms with E-state index in [9.17, 15) is 24.6 Å². The highest BCUT2D eigenvalue weighted by Gasteiger charge is 2.33. The Morgan fingerprint density at radius 2 is 1.58 bits per heavy atom. The fourth-order valence-electron chi connectivity index (χ4n) is 2.75. The highest BCUT2D eigenvalue weighted by molar-refractivity contribution is 5.70. The molecule has 0 radical (unpaired) electrons. The van der Waals surface area contributed by atoms with E-state index in [2.05, 4.69) is 5.32 Å². The molecule has 0 aromatic carbocycles. The standard InChI is InChI=1S/C14H25N3O7/c18-12(19)9-16-3-6-17(10-13(20)21,11-14(22)23)5-1-15-2-7-24-8-4-16/h15H,1-11H2,(H2-,18,19,20,21,22,23)/p+1. The maximum absolute atomic E-state index is 11.2. The molecular formula is C14H26N3O7+. The van der Waals surface area contributed by atoms with Gasteiger partial charge in [-0.15, -0.1) is 0 Å². The minimum Gasteiger partial charge on any atom is -0.480 e. The van der Waals surface area contributed by atoms with E-state index in [1.807, 2.05) is 0 Å². The third kappa shape index (κ3) is 8.20. The molecule has 1 saturated heterocycles. The van der Waals surface area contributed by atoms with Gasteiger partial charge in [0, 0.05) is 26.2 Å². The van der Waals surface area contributed by atoms with Crippen LogP contribution in [0.5, 0.6) is 0 Å². The van der Waals surface area contributed by atoms with Gasteiger partial charge in [0.2, 0.25) is 0 Å². The van der Waals surface area contributed by atoms with Gasteiger partial charge in [-0.25, -0.2) is 9.59 Å². The summed E-state index contributed by atoms with van der Waals surface area (Å²) < 4.78 is 5.28. The van der Waals surface area contributed by atoms with Crippen molar-refractivity contribution in [3.8, 4) is 0 Å². The lowest BCUT2D eigenvalue weighted by Crippen LogP contribution is -2.59. The Labute approximate surface area is 140 Å². The van der Waals surface area contributed by atoms with Gasteiger partial charge in [0.15, 0.2) is 13.1 Å². The fraction of sp³-hybridized carbons (Fsp3) is 0.786. The van der Waals surface area contributed by atoms with E-state index >= 15 is 0 Å². The van der Waals surface area contributed by atoms with Gasteiger partial charge in [0.1, 0.15) is 0 Å². The van der Waals surface area contributed by atoms with Gasteiger partial charge in [-0.05, 0) is 0 Å². The van der Waals surface area contributed by atoms with Gasteiger partial charge in [0.25, 0.3) is 0 Å². The van der Waals surface area contributed by atoms with Crippen LogP contribution in [-0.2, 0) is 19.1 Å². The molecule has 1 aliphatic heterocycles. The summed E-state index contributed by atoms with van der Waals surface area (Å²) in [4.78, 5) is 35.1. The van der Waals surface area contributed by atoms with Crippen molar-refractivity contribution >= 4 is 17.9 Å². The van der Waals surface area contributed by atoms with Crippen molar-refractivity contribution in [3.63, 3.8) is 0 Å². The molecule has 0 atom stereocenters. The number of carboxylic acids is 3. The normalized spacial score (nSPS) is 20.5. The quantitative estimate of drug-likeness (QED) is 0.401. The maximum Gasteiger partial charge on any atom is 0.359 e. The van der Waals surface area contributed by atoms with Crippen molar-refractivity contribution in [2.45, 2.75) is 0 Å². The van der Waals surface area contributed by atoms with E-state index in [1.165, 1.54) is 0 Å². The molecule has 1 heterocycles. The summed E-state index contributed by atoms with van der Waals surface area (Å²) in [5.41, 5.74) is 0. The molecule has 24 heavy (non-hydrogen) atoms. The van der Waals surface area contributed by atoms with Crippen molar-refractivity contribution in [2.24, 2.45) is 0 Å². The van der Waals surface area contributed by atoms with E-state index in [0.29, 0.717) is 39.4 Å². The third-order valence-corrected chi connectivity index (χ3v) is 3.93. The number of hydrogen-bond acceptors (Lipinski definition) is 6. The lowest BCUT2D eigenvalue weighted by molar-refractivity contribution is -0.913. The van der Waals surface area contributed by atoms with Crippen molar-refractivity contribution in [1.29, 1.82) is 0 Å². The molecule has 10 heteroatoms. The summed E-state index contributed by atoms with van der Waals surface area (Å²) in [5.74, 6) is -3.13. The van der Waals surface area contributed by atoms with Gasteiger partial charge in [-0.3, -0.25) is 9.69 Å². The summed E-state index contributed by atoms with van der Waals surface area (Å²) in [6.07, 6.45) is 0. The fourth-order valence-corrected chi connectivity index (χ4v) is 2.75. The average molecular weight is 348 g/mol. The van der Waals surface area contributed by atoms with Crippen molar-refractivity contribution in [1.82, 2.24) is 10.2 Å². The maximum atomic E-state index is 11.2. The Morgan fingerprint density at radius 3 is 2.17 bits per heavy atom. The molecule has 1 aliphatic rings. The SMILES string of the molecule is O=C(O)CN1CCOCCNCC[N+](CC(=O)O)(CC(=O)O)CC1. The highest BCUT2D eigenvalue weighted by atomic mass is 16.5. The van der Waals surface area contributed by atoms with Crippen LogP contribution in [0.25, 0.3) is 0 Å². The lowest BCUT2D eigenvalue weighted by atomic mass is 10.2. The number of quaternary nitrogens is 1. The molecule has 0 aliphatic carbocycles. The van der Waals surface area contributed by atoms with E-state index < -0.39 is 17.9 Å². The second-order valence-electron chi connectivity index (χ2n) is 5.92. The van der Waals surface area contributed by atoms with Crippen LogP contribution in [0.3, 0.4) is 0 Å². The molecule has 1 fully saturated rings. The molecule has 0 unspecified atom stereocenters. The molecule has 0 saturated carbocycles. The van der Waals surface area contributed by atoms with Gasteiger partial charge in [-0.1, -0.05) is 0 Å². The van der Waals surface area contributed by atoms with Crippen LogP contribution in [-0.4, -0.2) is 115 Å². The van der Waals surface area contributed by atoms with Gasteiger partial charge in [0.05, 0.1) is 32.8 Å². The summed E-state index contributed by atoms with van der Waals surface area (Å²) in [6, 6.07) is 0. The average Bonchev–Trinajstić information content (AvgIpc) is 2.44. The summed E-state index contributed by atoms with van der Waals surface area (Å²) >= 11 is 0. The molecule has 4 N–H and O–H groups in total. The van der Waals surface area contributed by atoms with Crippen molar-refractivity contribution < 1.29 is 38.9 Å². The minimum atomic E-state index is -1.07. The first-order valence-corrected chi connectivity index (χ1v) is 7.84. The Kier molecular flexibility index (Phi) is 8.61. The predicted molar refractivity (Wildman–Crippen MR) is 82.8 cm³/mol. The number of carboxylic acid groups (broad SMARTS) is 3. The zero-order valence-electron chi connectivity index (χ0n) is 13.6. The zero-order chi connectivity index (χ0) is 18.0. The second-order valence-corrected chi connectivity index (χ2v) is 5.92. The number of rotatable bonds is 6. The third-order valence-electron chi connectivity index (χ3n) is 3.93. The number of carbonyl (C=O) groups is 3. The molecule has 1 rings (SSSR count). The van der Waals surface area contributed by atoms with Crippen molar-refractivity contribution in [3.05, 3.63) is 0 Å². The van der Waals surface area contributed by atoms with Crippen LogP contribution in [0.1, 0.15) is 0 Å². The Hall–Kier alpha value is -1.75. The highest BCUT2D eigenvalue weighted by Crippen LogP contribution is 2.08. The Morgan fingerprint density at radius 1 is 0.917 bits per heavy atom. The van der Waals surface area contributed by atoms with Crippen LogP contribution in [0.15, 0.2) is 0 Å². The number of hydrogen-bond donors (Lipinski definition) is 4. The summed E-state index contributed by atoms with van der Waals surface area (Å²) in [5, 5.41) is 30.5. The van der Waals surface area contributed by atoms with Crippen LogP contribution >= 0.6 is 0 Å². The zero-order valence-corrected chi connectivity index (χ0v) is 13.6. The van der Waals surface area contributed by atoms with Crippen LogP contribution in [0.2, 0.25) is 0 Å². The molecule has 10 nitrogen and oxygen atoms in total. The first-order valence-electron chi connectivity index (χ1n) is 7.84. The van der Waals surface area contributed by atoms with Crippen molar-refractivity contribution in [2.75, 3.05) is 72.1 Å². The molecule has 0 aromatic heterocycles. The smallest absolute Gasteiger partial charge is 0.359 e. The van der Waals surface area contributed by atoms with E-state index in [-0.39, 0.29) is 37.2 Å². The minimum absolute atomic E-state index is 0.130. The second kappa shape index (κ2) is 10.2. The van der Waals surface area contributed by atoms with Gasteiger partial charge in [-0.2, -0.15) is 0 Å². The van der Waals surface area contributed by atoms with E-state index in [4.69, 9.17) is 9.84 Å². The number of nitrogens with one attached hydrogen (secondary N) is 1. The van der Waals surface area contributed by atoms with E-state index in [0.717, 1.165) is 0 Å². The van der Waals surface area contributed by atoms with Crippen LogP contribution in [0.4, 0.5) is 0 Å². The van der Waals surface area contributed by atoms with Gasteiger partial charge < -0.3 is 29.9 Å². The van der Waals surface area contributed by atoms with Crippen LogP contribution < -0.4 is 5.32 Å². The molecule has 138 valence electrons.